The Labute approximate surface area is 156 Å². The van der Waals surface area contributed by atoms with Crippen LogP contribution in [0.3, 0.4) is 0 Å². The number of aromatic nitrogens is 4. The molecule has 126 valence electrons. The molecule has 1 aromatic carbocycles. The summed E-state index contributed by atoms with van der Waals surface area (Å²) in [5.74, 6) is 1.77. The Morgan fingerprint density at radius 2 is 2.20 bits per heavy atom. The van der Waals surface area contributed by atoms with Crippen LogP contribution in [0.1, 0.15) is 11.5 Å². The molecule has 9 heteroatoms. The van der Waals surface area contributed by atoms with E-state index in [9.17, 15) is 0 Å². The van der Waals surface area contributed by atoms with E-state index in [1.807, 2.05) is 29.0 Å². The molecule has 0 aliphatic carbocycles. The first-order chi connectivity index (χ1) is 12.3. The predicted octanol–water partition coefficient (Wildman–Crippen LogP) is 4.99. The van der Waals surface area contributed by atoms with Crippen LogP contribution in [-0.4, -0.2) is 20.3 Å². The number of nitrogens with one attached hydrogen (secondary N) is 1. The Morgan fingerprint density at radius 3 is 3.04 bits per heavy atom. The van der Waals surface area contributed by atoms with Crippen LogP contribution in [0.5, 0.6) is 0 Å². The van der Waals surface area contributed by atoms with Crippen molar-refractivity contribution < 1.29 is 4.52 Å². The Morgan fingerprint density at radius 1 is 1.24 bits per heavy atom. The van der Waals surface area contributed by atoms with Crippen LogP contribution in [0.15, 0.2) is 50.0 Å². The van der Waals surface area contributed by atoms with Gasteiger partial charge >= 0.3 is 0 Å². The molecular formula is C16H13N5OS3. The topological polar surface area (TPSA) is 76.7 Å². The molecule has 3 heterocycles. The molecule has 0 aliphatic heterocycles. The van der Waals surface area contributed by atoms with Crippen molar-refractivity contribution in [2.45, 2.75) is 17.0 Å². The lowest BCUT2D eigenvalue weighted by molar-refractivity contribution is 0.391. The number of hydrogen-bond donors (Lipinski definition) is 1. The monoisotopic (exact) mass is 387 g/mol. The summed E-state index contributed by atoms with van der Waals surface area (Å²) in [6, 6.07) is 10.1. The highest BCUT2D eigenvalue weighted by Gasteiger charge is 2.11. The zero-order valence-electron chi connectivity index (χ0n) is 13.2. The summed E-state index contributed by atoms with van der Waals surface area (Å²) >= 11 is 4.64. The van der Waals surface area contributed by atoms with E-state index in [4.69, 9.17) is 4.52 Å². The lowest BCUT2D eigenvalue weighted by Gasteiger charge is -2.01. The molecule has 0 fully saturated rings. The summed E-state index contributed by atoms with van der Waals surface area (Å²) in [5, 5.41) is 20.4. The molecule has 4 aromatic rings. The molecule has 0 bridgehead atoms. The van der Waals surface area contributed by atoms with Crippen LogP contribution in [0.4, 0.5) is 10.8 Å². The van der Waals surface area contributed by atoms with E-state index in [1.54, 1.807) is 11.3 Å². The van der Waals surface area contributed by atoms with Crippen LogP contribution in [0, 0.1) is 6.92 Å². The van der Waals surface area contributed by atoms with Crippen LogP contribution in [0.2, 0.25) is 0 Å². The molecule has 25 heavy (non-hydrogen) atoms. The summed E-state index contributed by atoms with van der Waals surface area (Å²) in [6.45, 7) is 2.06. The fourth-order valence-corrected chi connectivity index (χ4v) is 4.35. The van der Waals surface area contributed by atoms with Gasteiger partial charge in [-0.15, -0.1) is 10.2 Å². The van der Waals surface area contributed by atoms with Gasteiger partial charge in [0.1, 0.15) is 0 Å². The summed E-state index contributed by atoms with van der Waals surface area (Å²) < 4.78 is 6.14. The molecule has 4 rings (SSSR count). The van der Waals surface area contributed by atoms with Crippen molar-refractivity contribution in [1.29, 1.82) is 0 Å². The van der Waals surface area contributed by atoms with E-state index in [1.165, 1.54) is 28.7 Å². The molecule has 0 spiro atoms. The van der Waals surface area contributed by atoms with Gasteiger partial charge in [0.05, 0.1) is 5.75 Å². The third-order valence-corrected chi connectivity index (χ3v) is 5.88. The molecule has 6 nitrogen and oxygen atoms in total. The highest BCUT2D eigenvalue weighted by atomic mass is 32.2. The van der Waals surface area contributed by atoms with E-state index in [-0.39, 0.29) is 0 Å². The number of thiophene rings is 1. The maximum atomic E-state index is 5.29. The van der Waals surface area contributed by atoms with Gasteiger partial charge in [-0.05, 0) is 36.1 Å². The summed E-state index contributed by atoms with van der Waals surface area (Å²) in [7, 11) is 0. The predicted molar refractivity (Wildman–Crippen MR) is 102 cm³/mol. The Balaban J connectivity index is 1.37. The minimum absolute atomic E-state index is 0.566. The first kappa shape index (κ1) is 16.2. The Hall–Kier alpha value is -2.23. The van der Waals surface area contributed by atoms with Crippen LogP contribution in [0.25, 0.3) is 11.4 Å². The van der Waals surface area contributed by atoms with Crippen molar-refractivity contribution in [3.05, 3.63) is 52.5 Å². The first-order valence-electron chi connectivity index (χ1n) is 7.41. The Kier molecular flexibility index (Phi) is 4.77. The lowest BCUT2D eigenvalue weighted by Crippen LogP contribution is -1.89. The molecular weight excluding hydrogens is 374 g/mol. The van der Waals surface area contributed by atoms with Gasteiger partial charge in [0.2, 0.25) is 16.8 Å². The van der Waals surface area contributed by atoms with Crippen molar-refractivity contribution >= 4 is 45.3 Å². The normalized spacial score (nSPS) is 10.9. The van der Waals surface area contributed by atoms with E-state index in [0.717, 1.165) is 20.7 Å². The number of hydrogen-bond acceptors (Lipinski definition) is 9. The highest BCUT2D eigenvalue weighted by molar-refractivity contribution is 8.00. The van der Waals surface area contributed by atoms with Crippen molar-refractivity contribution in [3.63, 3.8) is 0 Å². The quantitative estimate of drug-likeness (QED) is 0.467. The van der Waals surface area contributed by atoms with Gasteiger partial charge in [-0.2, -0.15) is 16.3 Å². The van der Waals surface area contributed by atoms with Gasteiger partial charge in [0.15, 0.2) is 4.34 Å². The number of thioether (sulfide) groups is 1. The second kappa shape index (κ2) is 7.34. The number of rotatable bonds is 6. The second-order valence-electron chi connectivity index (χ2n) is 5.18. The smallest absolute Gasteiger partial charge is 0.237 e. The van der Waals surface area contributed by atoms with Gasteiger partial charge in [-0.25, -0.2) is 0 Å². The molecule has 0 aliphatic rings. The minimum Gasteiger partial charge on any atom is -0.338 e. The van der Waals surface area contributed by atoms with Gasteiger partial charge in [0.25, 0.3) is 0 Å². The summed E-state index contributed by atoms with van der Waals surface area (Å²) in [5.41, 5.74) is 3.18. The molecule has 0 radical (unpaired) electrons. The molecule has 0 unspecified atom stereocenters. The second-order valence-corrected chi connectivity index (χ2v) is 8.16. The van der Waals surface area contributed by atoms with E-state index < -0.39 is 0 Å². The van der Waals surface area contributed by atoms with E-state index >= 15 is 0 Å². The average molecular weight is 388 g/mol. The van der Waals surface area contributed by atoms with E-state index in [0.29, 0.717) is 17.5 Å². The van der Waals surface area contributed by atoms with Gasteiger partial charge < -0.3 is 9.84 Å². The average Bonchev–Trinajstić information content (AvgIpc) is 3.34. The molecule has 0 saturated heterocycles. The van der Waals surface area contributed by atoms with Gasteiger partial charge in [-0.1, -0.05) is 40.4 Å². The lowest BCUT2D eigenvalue weighted by atomic mass is 10.2. The SMILES string of the molecule is Cc1cccc(Nc2nnc(SCc3nc(-c4ccsc4)no3)s2)c1. The molecule has 0 saturated carbocycles. The first-order valence-corrected chi connectivity index (χ1v) is 10.2. The zero-order valence-corrected chi connectivity index (χ0v) is 15.6. The molecule has 1 N–H and O–H groups in total. The highest BCUT2D eigenvalue weighted by Crippen LogP contribution is 2.30. The number of benzene rings is 1. The van der Waals surface area contributed by atoms with Crippen molar-refractivity contribution in [3.8, 4) is 11.4 Å². The molecule has 0 atom stereocenters. The van der Waals surface area contributed by atoms with Gasteiger partial charge in [-0.3, -0.25) is 0 Å². The fraction of sp³-hybridized carbons (Fsp3) is 0.125. The number of anilines is 2. The van der Waals surface area contributed by atoms with Crippen LogP contribution in [-0.2, 0) is 5.75 Å². The number of nitrogens with zero attached hydrogens (tertiary/aromatic N) is 4. The van der Waals surface area contributed by atoms with E-state index in [2.05, 4.69) is 44.7 Å². The summed E-state index contributed by atoms with van der Waals surface area (Å²) in [6.07, 6.45) is 0. The van der Waals surface area contributed by atoms with Crippen LogP contribution < -0.4 is 5.32 Å². The third-order valence-electron chi connectivity index (χ3n) is 3.24. The van der Waals surface area contributed by atoms with Crippen molar-refractivity contribution in [2.24, 2.45) is 0 Å². The molecule has 0 amide bonds. The maximum absolute atomic E-state index is 5.29. The van der Waals surface area contributed by atoms with Gasteiger partial charge in [0, 0.05) is 16.6 Å². The number of aryl methyl sites for hydroxylation is 1. The molecule has 3 aromatic heterocycles. The van der Waals surface area contributed by atoms with Crippen molar-refractivity contribution in [1.82, 2.24) is 20.3 Å². The zero-order chi connectivity index (χ0) is 17.1. The van der Waals surface area contributed by atoms with Crippen molar-refractivity contribution in [2.75, 3.05) is 5.32 Å². The van der Waals surface area contributed by atoms with Crippen LogP contribution >= 0.6 is 34.4 Å². The maximum Gasteiger partial charge on any atom is 0.237 e. The fourth-order valence-electron chi connectivity index (χ4n) is 2.11. The summed E-state index contributed by atoms with van der Waals surface area (Å²) in [4.78, 5) is 4.40. The minimum atomic E-state index is 0.566. The third kappa shape index (κ3) is 4.06. The standard InChI is InChI=1S/C16H13N5OS3/c1-10-3-2-4-12(7-10)17-15-19-20-16(25-15)24-9-13-18-14(21-22-13)11-5-6-23-8-11/h2-8H,9H2,1H3,(H,17,19). The largest absolute Gasteiger partial charge is 0.338 e. The Bertz CT molecular complexity index is 964.